The Kier molecular flexibility index (Phi) is 2.22. The van der Waals surface area contributed by atoms with Crippen LogP contribution in [-0.4, -0.2) is 0 Å². The van der Waals surface area contributed by atoms with Crippen molar-refractivity contribution in [3.8, 4) is 0 Å². The molecule has 0 amide bonds. The Morgan fingerprint density at radius 3 is 2.83 bits per heavy atom. The smallest absolute Gasteiger partial charge is 0.0667 e. The van der Waals surface area contributed by atoms with Crippen molar-refractivity contribution in [2.75, 3.05) is 5.73 Å². The predicted molar refractivity (Wildman–Crippen MR) is 66.2 cm³/mol. The molecule has 0 fully saturated rings. The highest BCUT2D eigenvalue weighted by Crippen LogP contribution is 2.34. The molecule has 0 radical (unpaired) electrons. The highest BCUT2D eigenvalue weighted by Gasteiger charge is 2.04. The largest absolute Gasteiger partial charge is 0.398 e. The normalized spacial score (nSPS) is 10.8. The predicted octanol–water partition coefficient (Wildman–Crippen LogP) is 3.38. The number of thiophene rings is 1. The van der Waals surface area contributed by atoms with Crippen LogP contribution in [0.4, 0.5) is 5.69 Å². The number of anilines is 1. The number of thiol groups is 1. The summed E-state index contributed by atoms with van der Waals surface area (Å²) in [6.07, 6.45) is 0. The van der Waals surface area contributed by atoms with Crippen molar-refractivity contribution in [1.82, 2.24) is 0 Å². The van der Waals surface area contributed by atoms with E-state index in [9.17, 15) is 0 Å². The van der Waals surface area contributed by atoms with Crippen LogP contribution in [0, 0.1) is 2.88 Å². The third kappa shape index (κ3) is 1.31. The molecule has 1 aromatic heterocycles. The Balaban J connectivity index is 2.93. The van der Waals surface area contributed by atoms with E-state index in [0.717, 1.165) is 16.0 Å². The number of rotatable bonds is 0. The van der Waals surface area contributed by atoms with Gasteiger partial charge in [0.05, 0.1) is 7.58 Å². The molecule has 62 valence electrons. The Labute approximate surface area is 93.5 Å². The van der Waals surface area contributed by atoms with Gasteiger partial charge < -0.3 is 5.73 Å². The molecule has 0 atom stereocenters. The molecule has 0 saturated heterocycles. The van der Waals surface area contributed by atoms with E-state index in [1.54, 1.807) is 11.3 Å². The molecule has 0 spiro atoms. The van der Waals surface area contributed by atoms with E-state index in [2.05, 4.69) is 41.3 Å². The summed E-state index contributed by atoms with van der Waals surface area (Å²) >= 11 is 8.38. The Bertz CT molecular complexity index is 397. The maximum atomic E-state index is 5.81. The van der Waals surface area contributed by atoms with Crippen LogP contribution in [0.5, 0.6) is 0 Å². The average Bonchev–Trinajstić information content (AvgIpc) is 2.41. The number of nitrogens with two attached hydrogens (primary N) is 1. The first kappa shape index (κ1) is 8.65. The van der Waals surface area contributed by atoms with Crippen molar-refractivity contribution in [2.45, 2.75) is 4.90 Å². The zero-order valence-corrected chi connectivity index (χ0v) is 9.91. The van der Waals surface area contributed by atoms with Crippen LogP contribution in [-0.2, 0) is 0 Å². The highest BCUT2D eigenvalue weighted by molar-refractivity contribution is 14.1. The third-order valence-electron chi connectivity index (χ3n) is 1.67. The second-order valence-electron chi connectivity index (χ2n) is 2.47. The van der Waals surface area contributed by atoms with Gasteiger partial charge in [-0.2, -0.15) is 0 Å². The molecule has 2 N–H and O–H groups in total. The van der Waals surface area contributed by atoms with Gasteiger partial charge in [-0.1, -0.05) is 0 Å². The van der Waals surface area contributed by atoms with Crippen molar-refractivity contribution in [3.63, 3.8) is 0 Å². The van der Waals surface area contributed by atoms with Gasteiger partial charge in [-0.05, 0) is 40.8 Å². The molecule has 0 aliphatic rings. The fourth-order valence-electron chi connectivity index (χ4n) is 1.10. The summed E-state index contributed by atoms with van der Waals surface area (Å²) in [7, 11) is 0. The zero-order valence-electron chi connectivity index (χ0n) is 6.04. The van der Waals surface area contributed by atoms with Crippen LogP contribution < -0.4 is 5.73 Å². The summed E-state index contributed by atoms with van der Waals surface area (Å²) in [5.74, 6) is 0. The van der Waals surface area contributed by atoms with Crippen molar-refractivity contribution in [1.29, 1.82) is 0 Å². The summed E-state index contributed by atoms with van der Waals surface area (Å²) in [6.45, 7) is 0. The molecule has 1 nitrogen and oxygen atoms in total. The molecule has 12 heavy (non-hydrogen) atoms. The first-order valence-electron chi connectivity index (χ1n) is 3.35. The maximum absolute atomic E-state index is 5.81. The van der Waals surface area contributed by atoms with Crippen LogP contribution in [0.3, 0.4) is 0 Å². The molecular weight excluding hydrogens is 301 g/mol. The number of benzene rings is 1. The Hall–Kier alpha value is 0.0600. The maximum Gasteiger partial charge on any atom is 0.0667 e. The standard InChI is InChI=1S/C8H6INS2/c9-7-3-4-5(10)1-2-6(11)8(4)12-7/h1-3,11H,10H2. The summed E-state index contributed by atoms with van der Waals surface area (Å²) in [4.78, 5) is 1.01. The molecule has 1 aromatic carbocycles. The van der Waals surface area contributed by atoms with E-state index in [-0.39, 0.29) is 0 Å². The van der Waals surface area contributed by atoms with Gasteiger partial charge in [0.15, 0.2) is 0 Å². The van der Waals surface area contributed by atoms with Crippen LogP contribution in [0.15, 0.2) is 23.1 Å². The van der Waals surface area contributed by atoms with Crippen LogP contribution in [0.1, 0.15) is 0 Å². The van der Waals surface area contributed by atoms with Gasteiger partial charge >= 0.3 is 0 Å². The number of fused-ring (bicyclic) bond motifs is 1. The molecule has 4 heteroatoms. The minimum Gasteiger partial charge on any atom is -0.398 e. The molecular formula is C8H6INS2. The summed E-state index contributed by atoms with van der Waals surface area (Å²) in [6, 6.07) is 5.93. The van der Waals surface area contributed by atoms with Gasteiger partial charge in [-0.3, -0.25) is 0 Å². The summed E-state index contributed by atoms with van der Waals surface area (Å²) < 4.78 is 2.43. The second kappa shape index (κ2) is 3.08. The molecule has 2 aromatic rings. The lowest BCUT2D eigenvalue weighted by Crippen LogP contribution is -1.83. The van der Waals surface area contributed by atoms with Crippen molar-refractivity contribution < 1.29 is 0 Å². The van der Waals surface area contributed by atoms with Crippen molar-refractivity contribution in [3.05, 3.63) is 21.1 Å². The molecule has 0 saturated carbocycles. The van der Waals surface area contributed by atoms with Gasteiger partial charge in [0.2, 0.25) is 0 Å². The Morgan fingerprint density at radius 1 is 1.42 bits per heavy atom. The Morgan fingerprint density at radius 2 is 2.17 bits per heavy atom. The van der Waals surface area contributed by atoms with Crippen LogP contribution in [0.2, 0.25) is 0 Å². The van der Waals surface area contributed by atoms with Crippen molar-refractivity contribution >= 4 is 62.3 Å². The number of nitrogen functional groups attached to an aromatic ring is 1. The summed E-state index contributed by atoms with van der Waals surface area (Å²) in [5.41, 5.74) is 6.64. The minimum absolute atomic E-state index is 0.835. The van der Waals surface area contributed by atoms with Gasteiger partial charge in [-0.15, -0.1) is 24.0 Å². The topological polar surface area (TPSA) is 26.0 Å². The number of hydrogen-bond acceptors (Lipinski definition) is 3. The lowest BCUT2D eigenvalue weighted by atomic mass is 10.2. The molecule has 1 heterocycles. The zero-order chi connectivity index (χ0) is 8.72. The number of hydrogen-bond donors (Lipinski definition) is 2. The highest BCUT2D eigenvalue weighted by atomic mass is 127. The van der Waals surface area contributed by atoms with E-state index in [1.165, 1.54) is 7.58 Å². The quantitative estimate of drug-likeness (QED) is 0.435. The van der Waals surface area contributed by atoms with E-state index in [4.69, 9.17) is 5.73 Å². The monoisotopic (exact) mass is 307 g/mol. The molecule has 0 aliphatic heterocycles. The molecule has 0 aliphatic carbocycles. The first-order chi connectivity index (χ1) is 5.68. The van der Waals surface area contributed by atoms with E-state index >= 15 is 0 Å². The molecule has 0 unspecified atom stereocenters. The molecule has 0 bridgehead atoms. The van der Waals surface area contributed by atoms with Gasteiger partial charge in [0.25, 0.3) is 0 Å². The number of halogens is 1. The van der Waals surface area contributed by atoms with Gasteiger partial charge in [0.1, 0.15) is 0 Å². The first-order valence-corrected chi connectivity index (χ1v) is 5.69. The third-order valence-corrected chi connectivity index (χ3v) is 4.12. The SMILES string of the molecule is Nc1ccc(S)c2sc(I)cc12. The van der Waals surface area contributed by atoms with E-state index in [1.807, 2.05) is 12.1 Å². The minimum atomic E-state index is 0.835. The van der Waals surface area contributed by atoms with E-state index in [0.29, 0.717) is 0 Å². The van der Waals surface area contributed by atoms with E-state index < -0.39 is 0 Å². The summed E-state index contributed by atoms with van der Waals surface area (Å²) in [5, 5.41) is 1.12. The second-order valence-corrected chi connectivity index (χ2v) is 5.90. The van der Waals surface area contributed by atoms with Gasteiger partial charge in [0, 0.05) is 16.0 Å². The fourth-order valence-corrected chi connectivity index (χ4v) is 3.23. The van der Waals surface area contributed by atoms with Crippen LogP contribution in [0.25, 0.3) is 10.1 Å². The van der Waals surface area contributed by atoms with Gasteiger partial charge in [-0.25, -0.2) is 0 Å². The lowest BCUT2D eigenvalue weighted by molar-refractivity contribution is 1.60. The molecule has 2 rings (SSSR count). The van der Waals surface area contributed by atoms with Crippen molar-refractivity contribution in [2.24, 2.45) is 0 Å². The fraction of sp³-hybridized carbons (Fsp3) is 0. The average molecular weight is 307 g/mol. The lowest BCUT2D eigenvalue weighted by Gasteiger charge is -1.97. The van der Waals surface area contributed by atoms with Crippen LogP contribution >= 0.6 is 46.6 Å².